The number of nitro groups is 2. The number of halogens is 3. The van der Waals surface area contributed by atoms with Crippen molar-refractivity contribution in [3.8, 4) is 0 Å². The summed E-state index contributed by atoms with van der Waals surface area (Å²) in [6.45, 7) is 0. The lowest BCUT2D eigenvalue weighted by Gasteiger charge is -2.04. The normalized spacial score (nSPS) is 11.6. The van der Waals surface area contributed by atoms with Crippen molar-refractivity contribution in [1.29, 1.82) is 0 Å². The smallest absolute Gasteiger partial charge is 0.254 e. The summed E-state index contributed by atoms with van der Waals surface area (Å²) in [7, 11) is 0. The molecule has 0 aromatic carbocycles. The van der Waals surface area contributed by atoms with Crippen LogP contribution in [0, 0.1) is 20.2 Å². The number of alkyl halides is 1. The molecule has 0 radical (unpaired) electrons. The van der Waals surface area contributed by atoms with Crippen LogP contribution in [-0.2, 0) is 0 Å². The van der Waals surface area contributed by atoms with Crippen LogP contribution in [0.15, 0.2) is 0 Å². The standard InChI is InChI=1S/CF3N3O4/c2-1(5(3)4,6(8)9)7(10)11. The molecule has 10 heteroatoms. The summed E-state index contributed by atoms with van der Waals surface area (Å²) in [5, 5.41) is 16.0. The maximum atomic E-state index is 11.9. The van der Waals surface area contributed by atoms with E-state index in [1.165, 1.54) is 0 Å². The van der Waals surface area contributed by atoms with Crippen molar-refractivity contribution in [2.45, 2.75) is 6.04 Å². The Labute approximate surface area is 56.2 Å². The molecule has 11 heavy (non-hydrogen) atoms. The SMILES string of the molecule is O=[N+]([O-])C(F)(N(F)F)[N+](=O)[O-]. The highest BCUT2D eigenvalue weighted by Gasteiger charge is 2.68. The quantitative estimate of drug-likeness (QED) is 0.201. The van der Waals surface area contributed by atoms with Gasteiger partial charge < -0.3 is 0 Å². The highest BCUT2D eigenvalue weighted by Crippen LogP contribution is 2.19. The fourth-order valence-corrected chi connectivity index (χ4v) is 0.190. The molecule has 64 valence electrons. The molecule has 0 saturated carbocycles. The van der Waals surface area contributed by atoms with Crippen LogP contribution in [0.4, 0.5) is 13.4 Å². The maximum Gasteiger partial charge on any atom is 0.745 e. The summed E-state index contributed by atoms with van der Waals surface area (Å²) < 4.78 is 34.3. The van der Waals surface area contributed by atoms with E-state index in [0.717, 1.165) is 0 Å². The first-order chi connectivity index (χ1) is 4.83. The van der Waals surface area contributed by atoms with Gasteiger partial charge in [0.1, 0.15) is 0 Å². The van der Waals surface area contributed by atoms with Crippen molar-refractivity contribution in [2.75, 3.05) is 0 Å². The summed E-state index contributed by atoms with van der Waals surface area (Å²) in [4.78, 5) is 14.0. The topological polar surface area (TPSA) is 89.5 Å². The Morgan fingerprint density at radius 1 is 1.18 bits per heavy atom. The Hall–Kier alpha value is -1.45. The lowest BCUT2D eigenvalue weighted by molar-refractivity contribution is -0.882. The van der Waals surface area contributed by atoms with Gasteiger partial charge >= 0.3 is 6.04 Å². The molecule has 0 N–H and O–H groups in total. The molecule has 0 heterocycles. The van der Waals surface area contributed by atoms with E-state index in [1.54, 1.807) is 0 Å². The van der Waals surface area contributed by atoms with Gasteiger partial charge in [-0.15, -0.1) is 0 Å². The lowest BCUT2D eigenvalue weighted by atomic mass is 10.8. The molecule has 0 aromatic rings. The van der Waals surface area contributed by atoms with Crippen molar-refractivity contribution >= 4 is 0 Å². The number of nitrogens with zero attached hydrogens (tertiary/aromatic N) is 3. The van der Waals surface area contributed by atoms with E-state index in [1.807, 2.05) is 0 Å². The largest absolute Gasteiger partial charge is 0.745 e. The third-order valence-electron chi connectivity index (χ3n) is 0.680. The zero-order chi connectivity index (χ0) is 9.23. The Bertz CT molecular complexity index is 179. The minimum atomic E-state index is -5.06. The molecule has 7 nitrogen and oxygen atoms in total. The molecule has 0 aliphatic rings. The number of hydrogen-bond acceptors (Lipinski definition) is 5. The van der Waals surface area contributed by atoms with Gasteiger partial charge in [-0.2, -0.15) is 0 Å². The van der Waals surface area contributed by atoms with Gasteiger partial charge in [0.2, 0.25) is 5.34 Å². The van der Waals surface area contributed by atoms with E-state index in [0.29, 0.717) is 0 Å². The molecule has 0 saturated heterocycles. The molecule has 0 atom stereocenters. The van der Waals surface area contributed by atoms with Crippen LogP contribution in [0.3, 0.4) is 0 Å². The van der Waals surface area contributed by atoms with Crippen LogP contribution in [-0.4, -0.2) is 21.2 Å². The molecule has 0 aromatic heterocycles. The fourth-order valence-electron chi connectivity index (χ4n) is 0.190. The second-order valence-electron chi connectivity index (χ2n) is 1.30. The van der Waals surface area contributed by atoms with Crippen LogP contribution in [0.25, 0.3) is 0 Å². The van der Waals surface area contributed by atoms with E-state index in [2.05, 4.69) is 0 Å². The molecule has 0 aliphatic heterocycles. The first kappa shape index (κ1) is 9.55. The molecular formula is CF3N3O4. The number of rotatable bonds is 3. The summed E-state index contributed by atoms with van der Waals surface area (Å²) in [6, 6.07) is -5.06. The average Bonchev–Trinajstić information content (AvgIpc) is 1.84. The van der Waals surface area contributed by atoms with Gasteiger partial charge in [-0.05, 0) is 0 Å². The minimum absolute atomic E-state index is 2.35. The van der Waals surface area contributed by atoms with E-state index >= 15 is 0 Å². The van der Waals surface area contributed by atoms with Crippen molar-refractivity contribution in [1.82, 2.24) is 5.34 Å². The fraction of sp³-hybridized carbons (Fsp3) is 1.00. The van der Waals surface area contributed by atoms with E-state index in [4.69, 9.17) is 0 Å². The van der Waals surface area contributed by atoms with Gasteiger partial charge in [0.25, 0.3) is 0 Å². The highest BCUT2D eigenvalue weighted by molar-refractivity contribution is 4.35. The van der Waals surface area contributed by atoms with Gasteiger partial charge in [0.05, 0.1) is 0 Å². The van der Waals surface area contributed by atoms with E-state index in [-0.39, 0.29) is 0 Å². The second kappa shape index (κ2) is 2.65. The first-order valence-electron chi connectivity index (χ1n) is 1.93. The Balaban J connectivity index is 4.82. The van der Waals surface area contributed by atoms with Crippen LogP contribution >= 0.6 is 0 Å². The molecule has 0 fully saturated rings. The Kier molecular flexibility index (Phi) is 2.30. The molecule has 0 aliphatic carbocycles. The molecule has 0 spiro atoms. The van der Waals surface area contributed by atoms with Gasteiger partial charge in [-0.25, -0.2) is 0 Å². The van der Waals surface area contributed by atoms with Crippen LogP contribution in [0.1, 0.15) is 0 Å². The van der Waals surface area contributed by atoms with E-state index < -0.39 is 21.2 Å². The zero-order valence-corrected chi connectivity index (χ0v) is 4.61. The lowest BCUT2D eigenvalue weighted by Crippen LogP contribution is -2.50. The van der Waals surface area contributed by atoms with Crippen LogP contribution in [0.5, 0.6) is 0 Å². The van der Waals surface area contributed by atoms with Gasteiger partial charge in [0.15, 0.2) is 9.85 Å². The summed E-state index contributed by atoms with van der Waals surface area (Å²) in [6.07, 6.45) is 0. The van der Waals surface area contributed by atoms with Crippen molar-refractivity contribution in [3.63, 3.8) is 0 Å². The molecule has 0 rings (SSSR count). The second-order valence-corrected chi connectivity index (χ2v) is 1.30. The van der Waals surface area contributed by atoms with Crippen molar-refractivity contribution < 1.29 is 23.2 Å². The van der Waals surface area contributed by atoms with Gasteiger partial charge in [-0.3, -0.25) is 20.2 Å². The number of hydrogen-bond donors (Lipinski definition) is 0. The highest BCUT2D eigenvalue weighted by atomic mass is 19.4. The monoisotopic (exact) mass is 175 g/mol. The molecule has 0 amide bonds. The average molecular weight is 175 g/mol. The first-order valence-corrected chi connectivity index (χ1v) is 1.93. The minimum Gasteiger partial charge on any atom is -0.254 e. The Morgan fingerprint density at radius 3 is 1.45 bits per heavy atom. The predicted octanol–water partition coefficient (Wildman–Crippen LogP) is 0.192. The molecular weight excluding hydrogens is 175 g/mol. The third kappa shape index (κ3) is 1.34. The summed E-state index contributed by atoms with van der Waals surface area (Å²) >= 11 is 0. The van der Waals surface area contributed by atoms with Gasteiger partial charge in [-0.1, -0.05) is 13.4 Å². The summed E-state index contributed by atoms with van der Waals surface area (Å²) in [5.74, 6) is 0. The third-order valence-corrected chi connectivity index (χ3v) is 0.680. The van der Waals surface area contributed by atoms with Crippen LogP contribution < -0.4 is 0 Å². The zero-order valence-electron chi connectivity index (χ0n) is 4.61. The van der Waals surface area contributed by atoms with E-state index in [9.17, 15) is 33.6 Å². The molecule has 0 unspecified atom stereocenters. The summed E-state index contributed by atoms with van der Waals surface area (Å²) in [5.41, 5.74) is 0. The van der Waals surface area contributed by atoms with Crippen molar-refractivity contribution in [2.24, 2.45) is 0 Å². The van der Waals surface area contributed by atoms with Crippen molar-refractivity contribution in [3.05, 3.63) is 20.2 Å². The molecule has 0 bridgehead atoms. The van der Waals surface area contributed by atoms with Gasteiger partial charge in [0, 0.05) is 0 Å². The Morgan fingerprint density at radius 2 is 1.45 bits per heavy atom. The predicted molar refractivity (Wildman–Crippen MR) is 21.9 cm³/mol. The maximum absolute atomic E-state index is 11.9. The van der Waals surface area contributed by atoms with Crippen LogP contribution in [0.2, 0.25) is 0 Å².